The van der Waals surface area contributed by atoms with Crippen LogP contribution in [-0.4, -0.2) is 30.7 Å². The SMILES string of the molecule is Cc1ccccc1Nc1nc(N)nc(COC(=O)Cc2nn(C)c(=O)c3ccccc23)n1. The van der Waals surface area contributed by atoms with E-state index in [1.165, 1.54) is 4.68 Å². The Morgan fingerprint density at radius 3 is 2.56 bits per heavy atom. The number of carbonyl (C=O) groups excluding carboxylic acids is 1. The Bertz CT molecular complexity index is 1370. The monoisotopic (exact) mass is 431 g/mol. The second-order valence-electron chi connectivity index (χ2n) is 7.13. The maximum Gasteiger partial charge on any atom is 0.312 e. The number of hydrogen-bond acceptors (Lipinski definition) is 9. The topological polar surface area (TPSA) is 138 Å². The fraction of sp³-hybridized carbons (Fsp3) is 0.182. The molecule has 0 bridgehead atoms. The number of hydrogen-bond donors (Lipinski definition) is 2. The van der Waals surface area contributed by atoms with E-state index >= 15 is 0 Å². The van der Waals surface area contributed by atoms with Crippen LogP contribution in [0, 0.1) is 6.92 Å². The zero-order valence-electron chi connectivity index (χ0n) is 17.6. The molecule has 0 spiro atoms. The Labute approximate surface area is 183 Å². The molecule has 4 aromatic rings. The predicted octanol–water partition coefficient (Wildman–Crippen LogP) is 2.04. The van der Waals surface area contributed by atoms with E-state index in [-0.39, 0.29) is 36.3 Å². The molecule has 0 aliphatic heterocycles. The van der Waals surface area contributed by atoms with Crippen LogP contribution in [0.1, 0.15) is 17.1 Å². The molecule has 162 valence electrons. The molecule has 2 aromatic carbocycles. The lowest BCUT2D eigenvalue weighted by Gasteiger charge is -2.10. The number of nitrogens with one attached hydrogen (secondary N) is 1. The quantitative estimate of drug-likeness (QED) is 0.439. The molecular weight excluding hydrogens is 410 g/mol. The first kappa shape index (κ1) is 20.9. The Morgan fingerprint density at radius 1 is 1.06 bits per heavy atom. The number of benzene rings is 2. The van der Waals surface area contributed by atoms with E-state index in [2.05, 4.69) is 25.4 Å². The summed E-state index contributed by atoms with van der Waals surface area (Å²) < 4.78 is 6.54. The number of fused-ring (bicyclic) bond motifs is 1. The molecule has 0 unspecified atom stereocenters. The highest BCUT2D eigenvalue weighted by Crippen LogP contribution is 2.18. The maximum atomic E-state index is 12.5. The van der Waals surface area contributed by atoms with Gasteiger partial charge in [-0.1, -0.05) is 36.4 Å². The minimum absolute atomic E-state index is 0.00727. The third kappa shape index (κ3) is 4.53. The third-order valence-electron chi connectivity index (χ3n) is 4.80. The summed E-state index contributed by atoms with van der Waals surface area (Å²) in [6, 6.07) is 14.7. The number of para-hydroxylation sites is 1. The smallest absolute Gasteiger partial charge is 0.312 e. The first-order chi connectivity index (χ1) is 15.4. The van der Waals surface area contributed by atoms with Gasteiger partial charge in [0.05, 0.1) is 17.5 Å². The van der Waals surface area contributed by atoms with Gasteiger partial charge >= 0.3 is 5.97 Å². The van der Waals surface area contributed by atoms with Crippen LogP contribution < -0.4 is 16.6 Å². The van der Waals surface area contributed by atoms with E-state index in [0.717, 1.165) is 11.3 Å². The normalized spacial score (nSPS) is 10.8. The first-order valence-electron chi connectivity index (χ1n) is 9.84. The van der Waals surface area contributed by atoms with Crippen molar-refractivity contribution in [3.63, 3.8) is 0 Å². The fourth-order valence-electron chi connectivity index (χ4n) is 3.23. The van der Waals surface area contributed by atoms with Gasteiger partial charge in [-0.2, -0.15) is 20.1 Å². The van der Waals surface area contributed by atoms with Gasteiger partial charge in [0.1, 0.15) is 0 Å². The summed E-state index contributed by atoms with van der Waals surface area (Å²) in [6.45, 7) is 1.77. The van der Waals surface area contributed by atoms with Crippen molar-refractivity contribution in [1.82, 2.24) is 24.7 Å². The van der Waals surface area contributed by atoms with Crippen LogP contribution in [0.4, 0.5) is 17.6 Å². The van der Waals surface area contributed by atoms with Gasteiger partial charge in [0, 0.05) is 18.1 Å². The molecule has 4 rings (SSSR count). The molecule has 0 fully saturated rings. The number of nitrogens with two attached hydrogens (primary N) is 1. The van der Waals surface area contributed by atoms with Crippen LogP contribution in [0.15, 0.2) is 53.3 Å². The molecular formula is C22H21N7O3. The van der Waals surface area contributed by atoms with Crippen molar-refractivity contribution in [3.8, 4) is 0 Å². The molecule has 10 heteroatoms. The second-order valence-corrected chi connectivity index (χ2v) is 7.13. The molecule has 0 radical (unpaired) electrons. The van der Waals surface area contributed by atoms with Crippen LogP contribution in [-0.2, 0) is 29.6 Å². The summed E-state index contributed by atoms with van der Waals surface area (Å²) in [5, 5.41) is 8.40. The van der Waals surface area contributed by atoms with Crippen LogP contribution in [0.25, 0.3) is 10.8 Å². The van der Waals surface area contributed by atoms with Crippen molar-refractivity contribution < 1.29 is 9.53 Å². The number of ether oxygens (including phenoxy) is 1. The minimum atomic E-state index is -0.534. The van der Waals surface area contributed by atoms with Crippen LogP contribution >= 0.6 is 0 Å². The Morgan fingerprint density at radius 2 is 1.78 bits per heavy atom. The van der Waals surface area contributed by atoms with E-state index in [0.29, 0.717) is 16.5 Å². The van der Waals surface area contributed by atoms with Crippen molar-refractivity contribution in [2.75, 3.05) is 11.1 Å². The van der Waals surface area contributed by atoms with Crippen LogP contribution in [0.5, 0.6) is 0 Å². The highest BCUT2D eigenvalue weighted by molar-refractivity contribution is 5.86. The van der Waals surface area contributed by atoms with Gasteiger partial charge < -0.3 is 15.8 Å². The molecule has 0 saturated carbocycles. The number of esters is 1. The van der Waals surface area contributed by atoms with Crippen molar-refractivity contribution in [2.45, 2.75) is 20.0 Å². The van der Waals surface area contributed by atoms with Crippen molar-refractivity contribution in [1.29, 1.82) is 0 Å². The standard InChI is InChI=1S/C22H21N7O3/c1-13-7-3-6-10-16(13)24-22-26-18(25-21(23)27-22)12-32-19(30)11-17-14-8-4-5-9-15(14)20(31)29(2)28-17/h3-10H,11-12H2,1-2H3,(H3,23,24,25,26,27). The molecule has 2 heterocycles. The van der Waals surface area contributed by atoms with Crippen molar-refractivity contribution in [2.24, 2.45) is 7.05 Å². The van der Waals surface area contributed by atoms with Gasteiger partial charge in [-0.3, -0.25) is 9.59 Å². The molecule has 10 nitrogen and oxygen atoms in total. The average Bonchev–Trinajstić information content (AvgIpc) is 2.77. The van der Waals surface area contributed by atoms with E-state index in [4.69, 9.17) is 10.5 Å². The lowest BCUT2D eigenvalue weighted by atomic mass is 10.1. The van der Waals surface area contributed by atoms with E-state index in [1.54, 1.807) is 31.3 Å². The van der Waals surface area contributed by atoms with Crippen LogP contribution in [0.2, 0.25) is 0 Å². The molecule has 0 amide bonds. The Balaban J connectivity index is 1.48. The van der Waals surface area contributed by atoms with Crippen LogP contribution in [0.3, 0.4) is 0 Å². The lowest BCUT2D eigenvalue weighted by Crippen LogP contribution is -2.23. The summed E-state index contributed by atoms with van der Waals surface area (Å²) in [5.74, 6) is -0.0645. The molecule has 32 heavy (non-hydrogen) atoms. The largest absolute Gasteiger partial charge is 0.457 e. The van der Waals surface area contributed by atoms with Gasteiger partial charge in [0.2, 0.25) is 11.9 Å². The number of aryl methyl sites for hydroxylation is 2. The number of nitrogens with zero attached hydrogens (tertiary/aromatic N) is 5. The van der Waals surface area contributed by atoms with Gasteiger partial charge in [0.25, 0.3) is 5.56 Å². The first-order valence-corrected chi connectivity index (χ1v) is 9.84. The number of carbonyl (C=O) groups is 1. The highest BCUT2D eigenvalue weighted by atomic mass is 16.5. The third-order valence-corrected chi connectivity index (χ3v) is 4.80. The minimum Gasteiger partial charge on any atom is -0.457 e. The van der Waals surface area contributed by atoms with Gasteiger partial charge in [-0.25, -0.2) is 4.68 Å². The predicted molar refractivity (Wildman–Crippen MR) is 119 cm³/mol. The number of rotatable bonds is 6. The molecule has 0 aliphatic carbocycles. The van der Waals surface area contributed by atoms with E-state index in [1.807, 2.05) is 31.2 Å². The summed E-state index contributed by atoms with van der Waals surface area (Å²) in [5.41, 5.74) is 7.85. The van der Waals surface area contributed by atoms with E-state index in [9.17, 15) is 9.59 Å². The lowest BCUT2D eigenvalue weighted by molar-refractivity contribution is -0.144. The van der Waals surface area contributed by atoms with Gasteiger partial charge in [-0.05, 0) is 24.6 Å². The molecule has 0 saturated heterocycles. The summed E-state index contributed by atoms with van der Waals surface area (Å²) in [6.07, 6.45) is -0.108. The fourth-order valence-corrected chi connectivity index (χ4v) is 3.23. The van der Waals surface area contributed by atoms with Gasteiger partial charge in [0.15, 0.2) is 12.4 Å². The summed E-state index contributed by atoms with van der Waals surface area (Å²) in [4.78, 5) is 37.1. The van der Waals surface area contributed by atoms with Gasteiger partial charge in [-0.15, -0.1) is 0 Å². The highest BCUT2D eigenvalue weighted by Gasteiger charge is 2.14. The molecule has 2 aromatic heterocycles. The Hall–Kier alpha value is -4.34. The molecule has 0 aliphatic rings. The number of nitrogen functional groups attached to an aromatic ring is 1. The number of anilines is 3. The number of aromatic nitrogens is 5. The van der Waals surface area contributed by atoms with E-state index < -0.39 is 5.97 Å². The zero-order chi connectivity index (χ0) is 22.7. The average molecular weight is 431 g/mol. The zero-order valence-corrected chi connectivity index (χ0v) is 17.6. The van der Waals surface area contributed by atoms with Crippen molar-refractivity contribution in [3.05, 3.63) is 76.0 Å². The Kier molecular flexibility index (Phi) is 5.75. The molecule has 0 atom stereocenters. The summed E-state index contributed by atoms with van der Waals surface area (Å²) >= 11 is 0. The second kappa shape index (κ2) is 8.80. The summed E-state index contributed by atoms with van der Waals surface area (Å²) in [7, 11) is 1.54. The molecule has 3 N–H and O–H groups in total. The van der Waals surface area contributed by atoms with Crippen molar-refractivity contribution >= 4 is 34.3 Å². The maximum absolute atomic E-state index is 12.5.